The lowest BCUT2D eigenvalue weighted by molar-refractivity contribution is -0.129. The van der Waals surface area contributed by atoms with Gasteiger partial charge in [-0.15, -0.1) is 0 Å². The number of halogens is 1. The van der Waals surface area contributed by atoms with E-state index in [9.17, 15) is 9.59 Å². The van der Waals surface area contributed by atoms with Crippen LogP contribution < -0.4 is 5.32 Å². The first-order valence-corrected chi connectivity index (χ1v) is 6.31. The number of rotatable bonds is 5. The Morgan fingerprint density at radius 2 is 2.00 bits per heavy atom. The van der Waals surface area contributed by atoms with E-state index in [1.165, 1.54) is 0 Å². The number of nitrogens with one attached hydrogen (secondary N) is 1. The summed E-state index contributed by atoms with van der Waals surface area (Å²) in [5.41, 5.74) is 0.395. The molecule has 1 aromatic rings. The maximum absolute atomic E-state index is 11.9. The number of anilines is 1. The minimum atomic E-state index is -1.29. The molecular formula is C14H15ClN2O2. The van der Waals surface area contributed by atoms with E-state index in [2.05, 4.69) is 5.32 Å². The zero-order valence-electron chi connectivity index (χ0n) is 10.8. The van der Waals surface area contributed by atoms with Crippen LogP contribution in [0.5, 0.6) is 0 Å². The second kappa shape index (κ2) is 6.91. The van der Waals surface area contributed by atoms with Gasteiger partial charge in [-0.2, -0.15) is 5.26 Å². The smallest absolute Gasteiger partial charge is 0.249 e. The van der Waals surface area contributed by atoms with E-state index in [0.29, 0.717) is 10.7 Å². The van der Waals surface area contributed by atoms with Crippen LogP contribution in [0.15, 0.2) is 24.3 Å². The molecule has 0 aliphatic carbocycles. The van der Waals surface area contributed by atoms with Crippen LogP contribution in [0.25, 0.3) is 0 Å². The molecule has 0 aliphatic heterocycles. The molecule has 4 nitrogen and oxygen atoms in total. The van der Waals surface area contributed by atoms with E-state index < -0.39 is 11.8 Å². The molecule has 0 bridgehead atoms. The van der Waals surface area contributed by atoms with Gasteiger partial charge in [0, 0.05) is 6.42 Å². The summed E-state index contributed by atoms with van der Waals surface area (Å²) in [5.74, 6) is -2.20. The van der Waals surface area contributed by atoms with Crippen LogP contribution in [-0.4, -0.2) is 11.7 Å². The van der Waals surface area contributed by atoms with E-state index in [-0.39, 0.29) is 18.1 Å². The highest BCUT2D eigenvalue weighted by Gasteiger charge is 2.27. The second-order valence-electron chi connectivity index (χ2n) is 4.60. The Bertz CT molecular complexity index is 520. The number of nitrogens with zero attached hydrogens (tertiary/aromatic N) is 1. The number of amides is 1. The van der Waals surface area contributed by atoms with Crippen LogP contribution in [0.3, 0.4) is 0 Å². The number of para-hydroxylation sites is 1. The van der Waals surface area contributed by atoms with Gasteiger partial charge >= 0.3 is 0 Å². The third-order valence-corrected chi connectivity index (χ3v) is 2.78. The fourth-order valence-corrected chi connectivity index (χ4v) is 1.75. The third-order valence-electron chi connectivity index (χ3n) is 2.45. The maximum Gasteiger partial charge on any atom is 0.249 e. The summed E-state index contributed by atoms with van der Waals surface area (Å²) in [7, 11) is 0. The Labute approximate surface area is 117 Å². The highest BCUT2D eigenvalue weighted by molar-refractivity contribution is 6.33. The predicted molar refractivity (Wildman–Crippen MR) is 73.6 cm³/mol. The average Bonchev–Trinajstić information content (AvgIpc) is 2.32. The highest BCUT2D eigenvalue weighted by Crippen LogP contribution is 2.21. The number of carbonyl (C=O) groups excluding carboxylic acids is 2. The Kier molecular flexibility index (Phi) is 5.53. The molecule has 0 saturated heterocycles. The van der Waals surface area contributed by atoms with Crippen molar-refractivity contribution in [3.05, 3.63) is 29.3 Å². The van der Waals surface area contributed by atoms with Crippen LogP contribution in [0.1, 0.15) is 20.3 Å². The summed E-state index contributed by atoms with van der Waals surface area (Å²) < 4.78 is 0. The van der Waals surface area contributed by atoms with Gasteiger partial charge in [0.1, 0.15) is 0 Å². The quantitative estimate of drug-likeness (QED) is 0.842. The molecule has 5 heteroatoms. The summed E-state index contributed by atoms with van der Waals surface area (Å²) in [4.78, 5) is 23.7. The maximum atomic E-state index is 11.9. The summed E-state index contributed by atoms with van der Waals surface area (Å²) in [5, 5.41) is 11.8. The van der Waals surface area contributed by atoms with Gasteiger partial charge in [0.25, 0.3) is 0 Å². The number of hydrogen-bond acceptors (Lipinski definition) is 3. The fourth-order valence-electron chi connectivity index (χ4n) is 1.56. The van der Waals surface area contributed by atoms with E-state index in [4.69, 9.17) is 16.9 Å². The standard InChI is InChI=1S/C14H15ClN2O2/c1-9(2)7-13(18)10(8-16)14(19)17-12-6-4-3-5-11(12)15/h3-6,9-10H,7H2,1-2H3,(H,17,19)/t10-/m1/s1. The average molecular weight is 279 g/mol. The molecule has 0 unspecified atom stereocenters. The van der Waals surface area contributed by atoms with Crippen LogP contribution in [-0.2, 0) is 9.59 Å². The summed E-state index contributed by atoms with van der Waals surface area (Å²) in [6, 6.07) is 8.41. The number of nitriles is 1. The van der Waals surface area contributed by atoms with Crippen molar-refractivity contribution in [2.45, 2.75) is 20.3 Å². The van der Waals surface area contributed by atoms with Crippen molar-refractivity contribution in [1.82, 2.24) is 0 Å². The number of Topliss-reactive ketones (excluding diaryl/α,β-unsaturated/α-hetero) is 1. The molecule has 0 aromatic heterocycles. The first-order valence-electron chi connectivity index (χ1n) is 5.93. The van der Waals surface area contributed by atoms with Gasteiger partial charge in [0.2, 0.25) is 5.91 Å². The highest BCUT2D eigenvalue weighted by atomic mass is 35.5. The van der Waals surface area contributed by atoms with E-state index in [1.54, 1.807) is 30.3 Å². The number of benzene rings is 1. The third kappa shape index (κ3) is 4.38. The summed E-state index contributed by atoms with van der Waals surface area (Å²) >= 11 is 5.90. The zero-order chi connectivity index (χ0) is 14.4. The first kappa shape index (κ1) is 15.2. The molecule has 0 heterocycles. The number of hydrogen-bond donors (Lipinski definition) is 1. The van der Waals surface area contributed by atoms with Gasteiger partial charge < -0.3 is 5.32 Å². The van der Waals surface area contributed by atoms with Gasteiger partial charge in [-0.3, -0.25) is 9.59 Å². The van der Waals surface area contributed by atoms with Crippen LogP contribution in [0.2, 0.25) is 5.02 Å². The van der Waals surface area contributed by atoms with Crippen molar-refractivity contribution < 1.29 is 9.59 Å². The first-order chi connectivity index (χ1) is 8.95. The Balaban J connectivity index is 2.79. The lowest BCUT2D eigenvalue weighted by Crippen LogP contribution is -2.29. The van der Waals surface area contributed by atoms with Crippen LogP contribution >= 0.6 is 11.6 Å². The van der Waals surface area contributed by atoms with Crippen molar-refractivity contribution in [2.75, 3.05) is 5.32 Å². The molecular weight excluding hydrogens is 264 g/mol. The monoisotopic (exact) mass is 278 g/mol. The molecule has 100 valence electrons. The molecule has 1 aromatic carbocycles. The summed E-state index contributed by atoms with van der Waals surface area (Å²) in [6.45, 7) is 3.72. The number of ketones is 1. The SMILES string of the molecule is CC(C)CC(=O)[C@@H](C#N)C(=O)Nc1ccccc1Cl. The second-order valence-corrected chi connectivity index (χ2v) is 5.00. The molecule has 1 amide bonds. The van der Waals surface area contributed by atoms with E-state index in [0.717, 1.165) is 0 Å². The lowest BCUT2D eigenvalue weighted by atomic mass is 9.96. The van der Waals surface area contributed by atoms with Gasteiger partial charge in [0.05, 0.1) is 16.8 Å². The minimum Gasteiger partial charge on any atom is -0.323 e. The molecule has 0 spiro atoms. The van der Waals surface area contributed by atoms with E-state index in [1.807, 2.05) is 13.8 Å². The van der Waals surface area contributed by atoms with Gasteiger partial charge in [-0.1, -0.05) is 37.6 Å². The molecule has 1 atom stereocenters. The molecule has 0 radical (unpaired) electrons. The van der Waals surface area contributed by atoms with Gasteiger partial charge in [-0.05, 0) is 18.1 Å². The lowest BCUT2D eigenvalue weighted by Gasteiger charge is -2.11. The molecule has 0 saturated carbocycles. The normalized spacial score (nSPS) is 11.7. The van der Waals surface area contributed by atoms with Crippen molar-refractivity contribution in [3.63, 3.8) is 0 Å². The fraction of sp³-hybridized carbons (Fsp3) is 0.357. The Morgan fingerprint density at radius 3 is 2.53 bits per heavy atom. The van der Waals surface area contributed by atoms with E-state index >= 15 is 0 Å². The largest absolute Gasteiger partial charge is 0.323 e. The Hall–Kier alpha value is -1.86. The topological polar surface area (TPSA) is 70.0 Å². The van der Waals surface area contributed by atoms with Crippen molar-refractivity contribution in [1.29, 1.82) is 5.26 Å². The molecule has 0 fully saturated rings. The van der Waals surface area contributed by atoms with Crippen molar-refractivity contribution in [2.24, 2.45) is 11.8 Å². The number of carbonyl (C=O) groups is 2. The minimum absolute atomic E-state index is 0.108. The summed E-state index contributed by atoms with van der Waals surface area (Å²) in [6.07, 6.45) is 0.203. The predicted octanol–water partition coefficient (Wildman–Crippen LogP) is 3.03. The van der Waals surface area contributed by atoms with Crippen molar-refractivity contribution in [3.8, 4) is 6.07 Å². The zero-order valence-corrected chi connectivity index (χ0v) is 11.6. The molecule has 0 aliphatic rings. The molecule has 1 N–H and O–H groups in total. The van der Waals surface area contributed by atoms with Crippen LogP contribution in [0, 0.1) is 23.2 Å². The Morgan fingerprint density at radius 1 is 1.37 bits per heavy atom. The molecule has 19 heavy (non-hydrogen) atoms. The van der Waals surface area contributed by atoms with Gasteiger partial charge in [-0.25, -0.2) is 0 Å². The van der Waals surface area contributed by atoms with Crippen LogP contribution in [0.4, 0.5) is 5.69 Å². The van der Waals surface area contributed by atoms with Gasteiger partial charge in [0.15, 0.2) is 11.7 Å². The van der Waals surface area contributed by atoms with Crippen molar-refractivity contribution >= 4 is 29.0 Å². The molecule has 1 rings (SSSR count).